The van der Waals surface area contributed by atoms with E-state index in [0.717, 1.165) is 11.0 Å². The molecule has 1 fully saturated rings. The maximum absolute atomic E-state index is 15.2. The Kier molecular flexibility index (Phi) is 3.72. The van der Waals surface area contributed by atoms with E-state index in [-0.39, 0.29) is 27.8 Å². The number of fused-ring (bicyclic) bond motifs is 2. The average molecular weight is 517 g/mol. The molecule has 0 N–H and O–H groups in total. The molecule has 0 saturated heterocycles. The lowest BCUT2D eigenvalue weighted by molar-refractivity contribution is 0.583. The maximum atomic E-state index is 15.2. The smallest absolute Gasteiger partial charge is 0.347 e. The second kappa shape index (κ2) is 5.86. The average Bonchev–Trinajstić information content (AvgIpc) is 3.32. The van der Waals surface area contributed by atoms with Crippen molar-refractivity contribution >= 4 is 54.7 Å². The number of hydrogen-bond donors (Lipinski definition) is 0. The Bertz CT molecular complexity index is 1450. The topological polar surface area (TPSA) is 87.1 Å². The van der Waals surface area contributed by atoms with Crippen molar-refractivity contribution in [3.05, 3.63) is 56.3 Å². The molecule has 144 valence electrons. The number of benzene rings is 2. The first kappa shape index (κ1) is 17.8. The standard InChI is InChI=1S/C17H10F2IN3O4S/c18-10-5-8(20)1-4-11(10)22-16-12(6-13-15(14(16)19)21-7-27-13)23(17(22)24)28(25,26)9-2-3-9/h1,4-7,9H,2-3H2. The minimum Gasteiger partial charge on any atom is -0.443 e. The zero-order valence-electron chi connectivity index (χ0n) is 13.9. The third-order valence-electron chi connectivity index (χ3n) is 4.68. The Labute approximate surface area is 169 Å². The molecule has 2 heterocycles. The lowest BCUT2D eigenvalue weighted by Crippen LogP contribution is -2.31. The Balaban J connectivity index is 2.00. The highest BCUT2D eigenvalue weighted by Crippen LogP contribution is 2.34. The number of rotatable bonds is 3. The molecule has 2 aromatic heterocycles. The van der Waals surface area contributed by atoms with Gasteiger partial charge in [-0.25, -0.2) is 27.0 Å². The van der Waals surface area contributed by atoms with Gasteiger partial charge in [0.15, 0.2) is 17.8 Å². The lowest BCUT2D eigenvalue weighted by Gasteiger charge is -2.06. The summed E-state index contributed by atoms with van der Waals surface area (Å²) in [5.74, 6) is -1.74. The first-order valence-electron chi connectivity index (χ1n) is 8.19. The number of aromatic nitrogens is 3. The van der Waals surface area contributed by atoms with Crippen molar-refractivity contribution in [2.45, 2.75) is 18.1 Å². The minimum absolute atomic E-state index is 0.00928. The molecule has 1 aliphatic rings. The van der Waals surface area contributed by atoms with Crippen LogP contribution in [-0.4, -0.2) is 27.2 Å². The lowest BCUT2D eigenvalue weighted by atomic mass is 10.2. The maximum Gasteiger partial charge on any atom is 0.347 e. The van der Waals surface area contributed by atoms with Crippen molar-refractivity contribution in [3.63, 3.8) is 0 Å². The highest BCUT2D eigenvalue weighted by Gasteiger charge is 2.40. The molecule has 1 aliphatic carbocycles. The molecule has 1 saturated carbocycles. The Morgan fingerprint density at radius 1 is 1.21 bits per heavy atom. The van der Waals surface area contributed by atoms with E-state index in [9.17, 15) is 17.6 Å². The molecular weight excluding hydrogens is 507 g/mol. The molecular formula is C17H10F2IN3O4S. The zero-order chi connectivity index (χ0) is 19.8. The van der Waals surface area contributed by atoms with Crippen LogP contribution in [-0.2, 0) is 10.0 Å². The highest BCUT2D eigenvalue weighted by atomic mass is 127. The van der Waals surface area contributed by atoms with Crippen molar-refractivity contribution in [1.29, 1.82) is 0 Å². The molecule has 2 aromatic carbocycles. The van der Waals surface area contributed by atoms with Gasteiger partial charge in [0.2, 0.25) is 10.0 Å². The van der Waals surface area contributed by atoms with E-state index in [0.29, 0.717) is 20.4 Å². The van der Waals surface area contributed by atoms with Gasteiger partial charge in [-0.05, 0) is 53.6 Å². The third kappa shape index (κ3) is 2.38. The molecule has 0 spiro atoms. The monoisotopic (exact) mass is 517 g/mol. The molecule has 4 aromatic rings. The van der Waals surface area contributed by atoms with Gasteiger partial charge in [-0.15, -0.1) is 0 Å². The van der Waals surface area contributed by atoms with E-state index < -0.39 is 32.6 Å². The van der Waals surface area contributed by atoms with Gasteiger partial charge in [-0.1, -0.05) is 0 Å². The molecule has 0 atom stereocenters. The summed E-state index contributed by atoms with van der Waals surface area (Å²) in [6, 6.07) is 5.26. The number of halogens is 3. The van der Waals surface area contributed by atoms with Gasteiger partial charge >= 0.3 is 5.69 Å². The summed E-state index contributed by atoms with van der Waals surface area (Å²) in [6.07, 6.45) is 1.83. The quantitative estimate of drug-likeness (QED) is 0.390. The van der Waals surface area contributed by atoms with Gasteiger partial charge in [0.05, 0.1) is 16.5 Å². The second-order valence-corrected chi connectivity index (χ2v) is 9.79. The molecule has 0 aliphatic heterocycles. The van der Waals surface area contributed by atoms with Crippen molar-refractivity contribution in [2.75, 3.05) is 0 Å². The first-order chi connectivity index (χ1) is 13.3. The molecule has 0 amide bonds. The zero-order valence-corrected chi connectivity index (χ0v) is 16.9. The van der Waals surface area contributed by atoms with Crippen LogP contribution in [0.25, 0.3) is 27.8 Å². The van der Waals surface area contributed by atoms with E-state index in [2.05, 4.69) is 4.98 Å². The van der Waals surface area contributed by atoms with Crippen LogP contribution in [0.2, 0.25) is 0 Å². The van der Waals surface area contributed by atoms with Gasteiger partial charge in [0, 0.05) is 9.64 Å². The first-order valence-corrected chi connectivity index (χ1v) is 10.8. The Hall–Kier alpha value is -2.28. The van der Waals surface area contributed by atoms with Crippen LogP contribution in [0.15, 0.2) is 39.9 Å². The van der Waals surface area contributed by atoms with Crippen molar-refractivity contribution in [1.82, 2.24) is 13.5 Å². The fourth-order valence-corrected chi connectivity index (χ4v) is 5.44. The van der Waals surface area contributed by atoms with Gasteiger partial charge in [0.1, 0.15) is 16.9 Å². The van der Waals surface area contributed by atoms with Gasteiger partial charge in [-0.3, -0.25) is 4.57 Å². The van der Waals surface area contributed by atoms with E-state index >= 15 is 4.39 Å². The SMILES string of the molecule is O=c1n(-c2ccc(I)cc2F)c2c(F)c3ncoc3cc2n1S(=O)(=O)C1CC1. The van der Waals surface area contributed by atoms with Crippen LogP contribution in [0.5, 0.6) is 0 Å². The Morgan fingerprint density at radius 2 is 1.96 bits per heavy atom. The predicted octanol–water partition coefficient (Wildman–Crippen LogP) is 3.16. The third-order valence-corrected chi connectivity index (χ3v) is 7.53. The second-order valence-electron chi connectivity index (χ2n) is 6.48. The number of hydrogen-bond acceptors (Lipinski definition) is 5. The van der Waals surface area contributed by atoms with Gasteiger partial charge in [-0.2, -0.15) is 3.97 Å². The number of imidazole rings is 1. The number of oxazole rings is 1. The van der Waals surface area contributed by atoms with Crippen LogP contribution in [0.4, 0.5) is 8.78 Å². The fraction of sp³-hybridized carbons (Fsp3) is 0.176. The largest absolute Gasteiger partial charge is 0.443 e. The summed E-state index contributed by atoms with van der Waals surface area (Å²) in [4.78, 5) is 16.9. The van der Waals surface area contributed by atoms with E-state index in [1.807, 2.05) is 22.6 Å². The van der Waals surface area contributed by atoms with Gasteiger partial charge < -0.3 is 4.42 Å². The van der Waals surface area contributed by atoms with E-state index in [1.54, 1.807) is 0 Å². The Morgan fingerprint density at radius 3 is 2.64 bits per heavy atom. The van der Waals surface area contributed by atoms with Crippen molar-refractivity contribution in [3.8, 4) is 5.69 Å². The minimum atomic E-state index is -4.07. The molecule has 5 rings (SSSR count). The van der Waals surface area contributed by atoms with Gasteiger partial charge in [0.25, 0.3) is 0 Å². The highest BCUT2D eigenvalue weighted by molar-refractivity contribution is 14.1. The fourth-order valence-electron chi connectivity index (χ4n) is 3.24. The molecule has 7 nitrogen and oxygen atoms in total. The van der Waals surface area contributed by atoms with Crippen LogP contribution in [0.3, 0.4) is 0 Å². The molecule has 28 heavy (non-hydrogen) atoms. The molecule has 0 unspecified atom stereocenters. The van der Waals surface area contributed by atoms with E-state index in [1.165, 1.54) is 24.3 Å². The van der Waals surface area contributed by atoms with E-state index in [4.69, 9.17) is 4.42 Å². The molecule has 11 heteroatoms. The van der Waals surface area contributed by atoms with Crippen molar-refractivity contribution < 1.29 is 21.6 Å². The van der Waals surface area contributed by atoms with Crippen molar-refractivity contribution in [2.24, 2.45) is 0 Å². The summed E-state index contributed by atoms with van der Waals surface area (Å²) >= 11 is 1.90. The van der Waals surface area contributed by atoms with Crippen LogP contribution < -0.4 is 5.69 Å². The van der Waals surface area contributed by atoms with Crippen LogP contribution >= 0.6 is 22.6 Å². The summed E-state index contributed by atoms with van der Waals surface area (Å²) in [5.41, 5.74) is -2.07. The normalized spacial score (nSPS) is 15.0. The summed E-state index contributed by atoms with van der Waals surface area (Å²) in [5, 5.41) is -0.723. The van der Waals surface area contributed by atoms with Crippen LogP contribution in [0.1, 0.15) is 12.8 Å². The number of nitrogens with zero attached hydrogens (tertiary/aromatic N) is 3. The summed E-state index contributed by atoms with van der Waals surface area (Å²) in [6.45, 7) is 0. The van der Waals surface area contributed by atoms with Crippen LogP contribution in [0, 0.1) is 15.2 Å². The molecule has 0 radical (unpaired) electrons. The summed E-state index contributed by atoms with van der Waals surface area (Å²) < 4.78 is 62.6. The summed E-state index contributed by atoms with van der Waals surface area (Å²) in [7, 11) is -4.07. The molecule has 0 bridgehead atoms. The predicted molar refractivity (Wildman–Crippen MR) is 105 cm³/mol.